The molecule has 2 aromatic rings. The fraction of sp³-hybridized carbons (Fsp3) is 0.111. The summed E-state index contributed by atoms with van der Waals surface area (Å²) in [5.41, 5.74) is 2.04. The van der Waals surface area contributed by atoms with E-state index < -0.39 is 11.0 Å². The van der Waals surface area contributed by atoms with Crippen LogP contribution in [-0.2, 0) is 4.79 Å². The summed E-state index contributed by atoms with van der Waals surface area (Å²) in [7, 11) is 0. The van der Waals surface area contributed by atoms with Crippen LogP contribution in [0.1, 0.15) is 18.5 Å². The lowest BCUT2D eigenvalue weighted by atomic mass is 9.94. The van der Waals surface area contributed by atoms with E-state index in [0.29, 0.717) is 32.7 Å². The summed E-state index contributed by atoms with van der Waals surface area (Å²) in [5.74, 6) is -0.353. The van der Waals surface area contributed by atoms with Gasteiger partial charge in [0, 0.05) is 28.5 Å². The van der Waals surface area contributed by atoms with Crippen LogP contribution in [0, 0.1) is 10.1 Å². The van der Waals surface area contributed by atoms with E-state index in [1.807, 2.05) is 0 Å². The largest absolute Gasteiger partial charge is 0.351 e. The first kappa shape index (κ1) is 18.8. The monoisotopic (exact) mass is 402 g/mol. The summed E-state index contributed by atoms with van der Waals surface area (Å²) in [4.78, 5) is 23.5. The van der Waals surface area contributed by atoms with Crippen LogP contribution >= 0.6 is 23.8 Å². The van der Waals surface area contributed by atoms with Gasteiger partial charge in [-0.3, -0.25) is 14.9 Å². The van der Waals surface area contributed by atoms with Crippen molar-refractivity contribution in [2.24, 2.45) is 0 Å². The zero-order valence-corrected chi connectivity index (χ0v) is 15.7. The first-order valence-electron chi connectivity index (χ1n) is 7.94. The van der Waals surface area contributed by atoms with Gasteiger partial charge in [0.25, 0.3) is 11.6 Å². The summed E-state index contributed by atoms with van der Waals surface area (Å²) in [6.07, 6.45) is 0. The number of nitro benzene ring substituents is 1. The van der Waals surface area contributed by atoms with Crippen LogP contribution < -0.4 is 16.0 Å². The Morgan fingerprint density at radius 2 is 1.96 bits per heavy atom. The Kier molecular flexibility index (Phi) is 5.38. The van der Waals surface area contributed by atoms with Crippen molar-refractivity contribution in [1.82, 2.24) is 10.6 Å². The van der Waals surface area contributed by atoms with Gasteiger partial charge in [0.15, 0.2) is 5.11 Å². The molecule has 27 heavy (non-hydrogen) atoms. The number of anilines is 1. The van der Waals surface area contributed by atoms with E-state index in [1.54, 1.807) is 43.3 Å². The molecule has 1 atom stereocenters. The maximum absolute atomic E-state index is 12.9. The lowest BCUT2D eigenvalue weighted by molar-refractivity contribution is -0.384. The van der Waals surface area contributed by atoms with Crippen molar-refractivity contribution in [2.75, 3.05) is 5.32 Å². The van der Waals surface area contributed by atoms with Crippen LogP contribution in [-0.4, -0.2) is 15.9 Å². The lowest BCUT2D eigenvalue weighted by Crippen LogP contribution is -2.45. The number of nitro groups is 1. The molecule has 0 radical (unpaired) electrons. The molecule has 0 aromatic heterocycles. The first-order valence-corrected chi connectivity index (χ1v) is 8.73. The molecule has 0 unspecified atom stereocenters. The molecule has 0 saturated heterocycles. The minimum absolute atomic E-state index is 0.0612. The molecule has 1 aliphatic heterocycles. The Morgan fingerprint density at radius 1 is 1.26 bits per heavy atom. The van der Waals surface area contributed by atoms with Gasteiger partial charge in [-0.15, -0.1) is 0 Å². The summed E-state index contributed by atoms with van der Waals surface area (Å²) in [6, 6.07) is 12.2. The third kappa shape index (κ3) is 4.24. The van der Waals surface area contributed by atoms with Crippen LogP contribution in [0.3, 0.4) is 0 Å². The zero-order chi connectivity index (χ0) is 19.6. The van der Waals surface area contributed by atoms with Gasteiger partial charge < -0.3 is 16.0 Å². The Morgan fingerprint density at radius 3 is 2.63 bits per heavy atom. The quantitative estimate of drug-likeness (QED) is 0.410. The van der Waals surface area contributed by atoms with E-state index in [0.717, 1.165) is 0 Å². The average molecular weight is 403 g/mol. The summed E-state index contributed by atoms with van der Waals surface area (Å²) < 4.78 is 0. The number of rotatable bonds is 4. The number of hydrogen-bond donors (Lipinski definition) is 3. The standard InChI is InChI=1S/C18H15ClN4O3S/c1-10-15(17(24)21-13-7-5-12(19)6-8-13)16(22-18(27)20-10)11-3-2-4-14(9-11)23(25)26/h2-9,16H,1H3,(H,21,24)(H2,20,22,27)/t16-/m0/s1. The number of hydrogen-bond acceptors (Lipinski definition) is 4. The van der Waals surface area contributed by atoms with Crippen molar-refractivity contribution in [3.63, 3.8) is 0 Å². The third-order valence-electron chi connectivity index (χ3n) is 4.03. The fourth-order valence-corrected chi connectivity index (χ4v) is 3.19. The number of halogens is 1. The molecule has 3 rings (SSSR count). The van der Waals surface area contributed by atoms with Crippen molar-refractivity contribution in [3.8, 4) is 0 Å². The van der Waals surface area contributed by atoms with Crippen molar-refractivity contribution in [1.29, 1.82) is 0 Å². The van der Waals surface area contributed by atoms with Crippen molar-refractivity contribution in [3.05, 3.63) is 80.5 Å². The van der Waals surface area contributed by atoms with E-state index in [1.165, 1.54) is 12.1 Å². The molecule has 7 nitrogen and oxygen atoms in total. The van der Waals surface area contributed by atoms with E-state index in [4.69, 9.17) is 23.8 Å². The number of non-ortho nitro benzene ring substituents is 1. The van der Waals surface area contributed by atoms with Crippen LogP contribution in [0.25, 0.3) is 0 Å². The molecule has 2 aromatic carbocycles. The van der Waals surface area contributed by atoms with Gasteiger partial charge in [0.1, 0.15) is 0 Å². The number of amides is 1. The van der Waals surface area contributed by atoms with Crippen molar-refractivity contribution in [2.45, 2.75) is 13.0 Å². The van der Waals surface area contributed by atoms with Gasteiger partial charge >= 0.3 is 0 Å². The number of carbonyl (C=O) groups is 1. The van der Waals surface area contributed by atoms with Crippen LogP contribution in [0.15, 0.2) is 59.8 Å². The highest BCUT2D eigenvalue weighted by atomic mass is 35.5. The molecule has 0 fully saturated rings. The highest BCUT2D eigenvalue weighted by Crippen LogP contribution is 2.30. The van der Waals surface area contributed by atoms with Gasteiger partial charge in [0.05, 0.1) is 16.5 Å². The summed E-state index contributed by atoms with van der Waals surface area (Å²) in [5, 5.41) is 20.7. The van der Waals surface area contributed by atoms with Crippen LogP contribution in [0.5, 0.6) is 0 Å². The summed E-state index contributed by atoms with van der Waals surface area (Å²) >= 11 is 11.1. The third-order valence-corrected chi connectivity index (χ3v) is 4.50. The smallest absolute Gasteiger partial charge is 0.269 e. The normalized spacial score (nSPS) is 16.4. The Bertz CT molecular complexity index is 959. The predicted molar refractivity (Wildman–Crippen MR) is 107 cm³/mol. The second-order valence-electron chi connectivity index (χ2n) is 5.88. The molecule has 0 saturated carbocycles. The second kappa shape index (κ2) is 7.73. The van der Waals surface area contributed by atoms with E-state index in [9.17, 15) is 14.9 Å². The fourth-order valence-electron chi connectivity index (χ4n) is 2.79. The number of thiocarbonyl (C=S) groups is 1. The average Bonchev–Trinajstić information content (AvgIpc) is 2.63. The van der Waals surface area contributed by atoms with Crippen LogP contribution in [0.4, 0.5) is 11.4 Å². The first-order chi connectivity index (χ1) is 12.8. The van der Waals surface area contributed by atoms with E-state index in [2.05, 4.69) is 16.0 Å². The molecule has 0 aliphatic carbocycles. The summed E-state index contributed by atoms with van der Waals surface area (Å²) in [6.45, 7) is 1.73. The number of allylic oxidation sites excluding steroid dienone is 1. The predicted octanol–water partition coefficient (Wildman–Crippen LogP) is 3.68. The highest BCUT2D eigenvalue weighted by molar-refractivity contribution is 7.80. The molecule has 0 spiro atoms. The molecule has 0 bridgehead atoms. The number of nitrogens with one attached hydrogen (secondary N) is 3. The SMILES string of the molecule is CC1=C(C(=O)Nc2ccc(Cl)cc2)[C@H](c2cccc([N+](=O)[O-])c2)NC(=S)N1. The highest BCUT2D eigenvalue weighted by Gasteiger charge is 2.30. The molecule has 9 heteroatoms. The maximum atomic E-state index is 12.9. The lowest BCUT2D eigenvalue weighted by Gasteiger charge is -2.30. The molecule has 1 amide bonds. The Labute approximate surface area is 165 Å². The number of nitrogens with zero attached hydrogens (tertiary/aromatic N) is 1. The van der Waals surface area contributed by atoms with Gasteiger partial charge in [-0.1, -0.05) is 23.7 Å². The van der Waals surface area contributed by atoms with Gasteiger partial charge in [0.2, 0.25) is 0 Å². The molecular formula is C18H15ClN4O3S. The Hall–Kier alpha value is -2.97. The molecule has 3 N–H and O–H groups in total. The van der Waals surface area contributed by atoms with E-state index >= 15 is 0 Å². The molecule has 1 heterocycles. The van der Waals surface area contributed by atoms with Crippen molar-refractivity contribution < 1.29 is 9.72 Å². The Balaban J connectivity index is 1.96. The van der Waals surface area contributed by atoms with Crippen molar-refractivity contribution >= 4 is 46.2 Å². The number of carbonyl (C=O) groups excluding carboxylic acids is 1. The molecule has 1 aliphatic rings. The minimum Gasteiger partial charge on any atom is -0.351 e. The second-order valence-corrected chi connectivity index (χ2v) is 6.73. The van der Waals surface area contributed by atoms with Gasteiger partial charge in [-0.25, -0.2) is 0 Å². The van der Waals surface area contributed by atoms with E-state index in [-0.39, 0.29) is 11.6 Å². The van der Waals surface area contributed by atoms with Gasteiger partial charge in [-0.2, -0.15) is 0 Å². The maximum Gasteiger partial charge on any atom is 0.269 e. The zero-order valence-electron chi connectivity index (χ0n) is 14.2. The topological polar surface area (TPSA) is 96.3 Å². The van der Waals surface area contributed by atoms with Gasteiger partial charge in [-0.05, 0) is 49.0 Å². The minimum atomic E-state index is -0.619. The van der Waals surface area contributed by atoms with Crippen LogP contribution in [0.2, 0.25) is 5.02 Å². The molecule has 138 valence electrons. The molecular weight excluding hydrogens is 388 g/mol. The number of benzene rings is 2.